The van der Waals surface area contributed by atoms with Crippen molar-refractivity contribution in [3.8, 4) is 0 Å². The first kappa shape index (κ1) is 28.2. The van der Waals surface area contributed by atoms with Crippen LogP contribution in [0.3, 0.4) is 0 Å². The maximum Gasteiger partial charge on any atom is 0.328 e. The Hall–Kier alpha value is -1.84. The SMILES string of the molecule is CCCCCCCCCCCCCCCOC(=O)C(NC(=O)c1cccc(C)c1)C(C)C. The monoisotopic (exact) mass is 445 g/mol. The molecule has 0 aliphatic heterocycles. The van der Waals surface area contributed by atoms with E-state index < -0.39 is 6.04 Å². The standard InChI is InChI=1S/C28H47NO3/c1-5-6-7-8-9-10-11-12-13-14-15-16-17-21-32-28(31)26(23(2)3)29-27(30)25-20-18-19-24(4)22-25/h18-20,22-23,26H,5-17,21H2,1-4H3,(H,29,30). The van der Waals surface area contributed by atoms with Crippen LogP contribution in [0, 0.1) is 12.8 Å². The van der Waals surface area contributed by atoms with Crippen molar-refractivity contribution in [3.63, 3.8) is 0 Å². The highest BCUT2D eigenvalue weighted by Gasteiger charge is 2.26. The van der Waals surface area contributed by atoms with Gasteiger partial charge in [-0.3, -0.25) is 4.79 Å². The number of carbonyl (C=O) groups excluding carboxylic acids is 2. The number of aryl methyl sites for hydroxylation is 1. The molecule has 0 heterocycles. The van der Waals surface area contributed by atoms with Crippen molar-refractivity contribution in [3.05, 3.63) is 35.4 Å². The molecule has 32 heavy (non-hydrogen) atoms. The van der Waals surface area contributed by atoms with E-state index in [1.165, 1.54) is 70.6 Å². The predicted molar refractivity (Wildman–Crippen MR) is 134 cm³/mol. The molecule has 1 rings (SSSR count). The summed E-state index contributed by atoms with van der Waals surface area (Å²) in [5.74, 6) is -0.590. The number of hydrogen-bond donors (Lipinski definition) is 1. The van der Waals surface area contributed by atoms with Crippen LogP contribution in [0.5, 0.6) is 0 Å². The van der Waals surface area contributed by atoms with Gasteiger partial charge in [-0.05, 0) is 31.4 Å². The van der Waals surface area contributed by atoms with Gasteiger partial charge in [-0.25, -0.2) is 4.79 Å². The summed E-state index contributed by atoms with van der Waals surface area (Å²) in [6.45, 7) is 8.49. The summed E-state index contributed by atoms with van der Waals surface area (Å²) >= 11 is 0. The molecule has 1 aromatic rings. The molecular formula is C28H47NO3. The van der Waals surface area contributed by atoms with Crippen molar-refractivity contribution in [1.29, 1.82) is 0 Å². The van der Waals surface area contributed by atoms with Gasteiger partial charge in [-0.15, -0.1) is 0 Å². The maximum atomic E-state index is 12.5. The van der Waals surface area contributed by atoms with Crippen LogP contribution in [-0.4, -0.2) is 24.5 Å². The van der Waals surface area contributed by atoms with Gasteiger partial charge >= 0.3 is 5.97 Å². The fraction of sp³-hybridized carbons (Fsp3) is 0.714. The van der Waals surface area contributed by atoms with E-state index in [1.54, 1.807) is 6.07 Å². The number of nitrogens with one attached hydrogen (secondary N) is 1. The first-order valence-electron chi connectivity index (χ1n) is 13.0. The zero-order chi connectivity index (χ0) is 23.6. The molecule has 4 nitrogen and oxygen atoms in total. The van der Waals surface area contributed by atoms with Gasteiger partial charge in [0.15, 0.2) is 0 Å². The van der Waals surface area contributed by atoms with Gasteiger partial charge in [0.2, 0.25) is 0 Å². The highest BCUT2D eigenvalue weighted by molar-refractivity contribution is 5.97. The summed E-state index contributed by atoms with van der Waals surface area (Å²) in [5.41, 5.74) is 1.59. The van der Waals surface area contributed by atoms with Crippen LogP contribution in [0.2, 0.25) is 0 Å². The Morgan fingerprint density at radius 1 is 0.844 bits per heavy atom. The summed E-state index contributed by atoms with van der Waals surface area (Å²) in [7, 11) is 0. The van der Waals surface area contributed by atoms with Gasteiger partial charge < -0.3 is 10.1 Å². The number of rotatable bonds is 18. The van der Waals surface area contributed by atoms with Gasteiger partial charge in [0.25, 0.3) is 5.91 Å². The molecule has 0 spiro atoms. The summed E-state index contributed by atoms with van der Waals surface area (Å²) in [4.78, 5) is 25.0. The van der Waals surface area contributed by atoms with Crippen molar-refractivity contribution in [2.24, 2.45) is 5.92 Å². The molecule has 1 unspecified atom stereocenters. The van der Waals surface area contributed by atoms with Crippen molar-refractivity contribution < 1.29 is 14.3 Å². The van der Waals surface area contributed by atoms with E-state index in [4.69, 9.17) is 4.74 Å². The largest absolute Gasteiger partial charge is 0.464 e. The van der Waals surface area contributed by atoms with Crippen LogP contribution in [-0.2, 0) is 9.53 Å². The quantitative estimate of drug-likeness (QED) is 0.189. The molecule has 1 amide bonds. The number of carbonyl (C=O) groups is 2. The molecule has 0 saturated carbocycles. The maximum absolute atomic E-state index is 12.5. The molecule has 0 aliphatic carbocycles. The van der Waals surface area contributed by atoms with Gasteiger partial charge in [-0.1, -0.05) is 116 Å². The van der Waals surface area contributed by atoms with E-state index in [-0.39, 0.29) is 17.8 Å². The number of amides is 1. The molecule has 0 fully saturated rings. The Labute approximate surface area is 196 Å². The van der Waals surface area contributed by atoms with Crippen molar-refractivity contribution in [1.82, 2.24) is 5.32 Å². The van der Waals surface area contributed by atoms with Crippen LogP contribution in [0.4, 0.5) is 0 Å². The van der Waals surface area contributed by atoms with Crippen LogP contribution in [0.25, 0.3) is 0 Å². The number of ether oxygens (including phenoxy) is 1. The topological polar surface area (TPSA) is 55.4 Å². The predicted octanol–water partition coefficient (Wildman–Crippen LogP) is 7.38. The normalized spacial score (nSPS) is 12.0. The molecule has 1 N–H and O–H groups in total. The minimum atomic E-state index is -0.620. The first-order valence-corrected chi connectivity index (χ1v) is 13.0. The lowest BCUT2D eigenvalue weighted by Gasteiger charge is -2.21. The zero-order valence-corrected chi connectivity index (χ0v) is 21.1. The molecule has 0 bridgehead atoms. The van der Waals surface area contributed by atoms with E-state index in [1.807, 2.05) is 39.0 Å². The fourth-order valence-electron chi connectivity index (χ4n) is 3.89. The summed E-state index contributed by atoms with van der Waals surface area (Å²) < 4.78 is 5.47. The molecule has 0 radical (unpaired) electrons. The van der Waals surface area contributed by atoms with Gasteiger partial charge in [0.1, 0.15) is 6.04 Å². The molecule has 182 valence electrons. The van der Waals surface area contributed by atoms with Crippen molar-refractivity contribution >= 4 is 11.9 Å². The molecule has 0 saturated heterocycles. The van der Waals surface area contributed by atoms with Crippen LogP contribution in [0.15, 0.2) is 24.3 Å². The van der Waals surface area contributed by atoms with E-state index in [0.29, 0.717) is 12.2 Å². The Morgan fingerprint density at radius 3 is 1.88 bits per heavy atom. The first-order chi connectivity index (χ1) is 15.5. The van der Waals surface area contributed by atoms with Crippen molar-refractivity contribution in [2.45, 2.75) is 117 Å². The summed E-state index contributed by atoms with van der Waals surface area (Å²) in [6.07, 6.45) is 16.8. The average Bonchev–Trinajstić information content (AvgIpc) is 2.77. The molecule has 1 atom stereocenters. The van der Waals surface area contributed by atoms with Gasteiger partial charge in [0.05, 0.1) is 6.61 Å². The average molecular weight is 446 g/mol. The van der Waals surface area contributed by atoms with Crippen LogP contribution < -0.4 is 5.32 Å². The summed E-state index contributed by atoms with van der Waals surface area (Å²) in [5, 5.41) is 2.85. The number of unbranched alkanes of at least 4 members (excludes halogenated alkanes) is 12. The van der Waals surface area contributed by atoms with Crippen molar-refractivity contribution in [2.75, 3.05) is 6.61 Å². The Kier molecular flexibility index (Phi) is 15.6. The lowest BCUT2D eigenvalue weighted by atomic mass is 10.0. The zero-order valence-electron chi connectivity index (χ0n) is 21.1. The third kappa shape index (κ3) is 12.9. The third-order valence-corrected chi connectivity index (χ3v) is 5.98. The number of esters is 1. The van der Waals surface area contributed by atoms with E-state index in [2.05, 4.69) is 12.2 Å². The van der Waals surface area contributed by atoms with Gasteiger partial charge in [-0.2, -0.15) is 0 Å². The molecule has 4 heteroatoms. The van der Waals surface area contributed by atoms with E-state index in [9.17, 15) is 9.59 Å². The molecular weight excluding hydrogens is 398 g/mol. The lowest BCUT2D eigenvalue weighted by Crippen LogP contribution is -2.45. The smallest absolute Gasteiger partial charge is 0.328 e. The second-order valence-electron chi connectivity index (χ2n) is 9.47. The second-order valence-corrected chi connectivity index (χ2v) is 9.47. The molecule has 0 aliphatic rings. The van der Waals surface area contributed by atoms with E-state index >= 15 is 0 Å². The molecule has 1 aromatic carbocycles. The highest BCUT2D eigenvalue weighted by atomic mass is 16.5. The Balaban J connectivity index is 2.12. The second kappa shape index (κ2) is 17.7. The minimum absolute atomic E-state index is 0.0251. The van der Waals surface area contributed by atoms with E-state index in [0.717, 1.165) is 18.4 Å². The third-order valence-electron chi connectivity index (χ3n) is 5.98. The fourth-order valence-corrected chi connectivity index (χ4v) is 3.89. The lowest BCUT2D eigenvalue weighted by molar-refractivity contribution is -0.147. The Bertz CT molecular complexity index is 641. The minimum Gasteiger partial charge on any atom is -0.464 e. The van der Waals surface area contributed by atoms with Crippen LogP contribution in [0.1, 0.15) is 120 Å². The number of benzene rings is 1. The summed E-state index contributed by atoms with van der Waals surface area (Å²) in [6, 6.07) is 6.76. The van der Waals surface area contributed by atoms with Gasteiger partial charge in [0, 0.05) is 5.56 Å². The molecule has 0 aromatic heterocycles. The number of hydrogen-bond acceptors (Lipinski definition) is 3. The Morgan fingerprint density at radius 2 is 1.38 bits per heavy atom. The highest BCUT2D eigenvalue weighted by Crippen LogP contribution is 2.13. The van der Waals surface area contributed by atoms with Crippen LogP contribution >= 0.6 is 0 Å².